The number of benzene rings is 3. The summed E-state index contributed by atoms with van der Waals surface area (Å²) >= 11 is 0. The van der Waals surface area contributed by atoms with E-state index in [0.29, 0.717) is 28.3 Å². The van der Waals surface area contributed by atoms with E-state index in [1.807, 2.05) is 18.2 Å². The maximum absolute atomic E-state index is 12.3. The van der Waals surface area contributed by atoms with E-state index >= 15 is 0 Å². The second-order valence-electron chi connectivity index (χ2n) is 7.09. The minimum atomic E-state index is -3.74. The molecule has 1 amide bonds. The van der Waals surface area contributed by atoms with Crippen LogP contribution in [0.3, 0.4) is 0 Å². The lowest BCUT2D eigenvalue weighted by molar-refractivity contribution is -0.119. The van der Waals surface area contributed by atoms with Gasteiger partial charge in [0.1, 0.15) is 18.0 Å². The van der Waals surface area contributed by atoms with Gasteiger partial charge in [-0.1, -0.05) is 30.3 Å². The number of ether oxygens (including phenoxy) is 2. The Morgan fingerprint density at radius 1 is 0.941 bits per heavy atom. The van der Waals surface area contributed by atoms with Crippen molar-refractivity contribution in [2.75, 3.05) is 24.2 Å². The summed E-state index contributed by atoms with van der Waals surface area (Å²) in [5.41, 5.74) is 3.62. The van der Waals surface area contributed by atoms with E-state index in [0.717, 1.165) is 10.6 Å². The zero-order valence-corrected chi connectivity index (χ0v) is 19.4. The summed E-state index contributed by atoms with van der Waals surface area (Å²) in [6.07, 6.45) is 2.39. The van der Waals surface area contributed by atoms with Crippen LogP contribution in [0.1, 0.15) is 15.9 Å². The molecule has 1 N–H and O–H groups in total. The van der Waals surface area contributed by atoms with E-state index in [1.54, 1.807) is 60.7 Å². The summed E-state index contributed by atoms with van der Waals surface area (Å²) in [7, 11) is -2.45. The van der Waals surface area contributed by atoms with Gasteiger partial charge in [0.05, 0.1) is 30.8 Å². The lowest BCUT2D eigenvalue weighted by atomic mass is 10.1. The number of nitrogens with zero attached hydrogens (tertiary/aromatic N) is 2. The van der Waals surface area contributed by atoms with Gasteiger partial charge < -0.3 is 9.47 Å². The number of rotatable bonds is 9. The van der Waals surface area contributed by atoms with Gasteiger partial charge in [0.15, 0.2) is 0 Å². The molecule has 176 valence electrons. The number of amides is 1. The molecule has 0 bridgehead atoms. The molecule has 0 atom stereocenters. The number of esters is 1. The molecule has 0 spiro atoms. The van der Waals surface area contributed by atoms with Crippen molar-refractivity contribution < 1.29 is 27.5 Å². The highest BCUT2D eigenvalue weighted by Crippen LogP contribution is 2.25. The third-order valence-corrected chi connectivity index (χ3v) is 5.67. The van der Waals surface area contributed by atoms with Crippen LogP contribution in [0.5, 0.6) is 11.5 Å². The van der Waals surface area contributed by atoms with Gasteiger partial charge in [-0.3, -0.25) is 9.10 Å². The molecule has 3 aromatic carbocycles. The van der Waals surface area contributed by atoms with Gasteiger partial charge in [0.25, 0.3) is 5.91 Å². The Hall–Kier alpha value is -4.18. The van der Waals surface area contributed by atoms with Gasteiger partial charge in [0, 0.05) is 0 Å². The molecule has 0 saturated carbocycles. The van der Waals surface area contributed by atoms with Crippen molar-refractivity contribution in [3.63, 3.8) is 0 Å². The third-order valence-electron chi connectivity index (χ3n) is 4.53. The zero-order valence-electron chi connectivity index (χ0n) is 18.5. The van der Waals surface area contributed by atoms with Crippen LogP contribution >= 0.6 is 0 Å². The molecule has 10 heteroatoms. The number of hydrogen-bond acceptors (Lipinski definition) is 7. The van der Waals surface area contributed by atoms with Gasteiger partial charge in [-0.2, -0.15) is 5.10 Å². The Bertz CT molecular complexity index is 1260. The number of carbonyl (C=O) groups is 2. The van der Waals surface area contributed by atoms with Crippen molar-refractivity contribution in [1.82, 2.24) is 5.43 Å². The molecular weight excluding hydrogens is 458 g/mol. The second-order valence-corrected chi connectivity index (χ2v) is 8.99. The molecule has 0 heterocycles. The number of anilines is 1. The topological polar surface area (TPSA) is 114 Å². The molecule has 0 aliphatic rings. The summed E-state index contributed by atoms with van der Waals surface area (Å²) in [6.45, 7) is -0.462. The summed E-state index contributed by atoms with van der Waals surface area (Å²) in [6, 6.07) is 21.9. The summed E-state index contributed by atoms with van der Waals surface area (Å²) in [4.78, 5) is 23.8. The number of para-hydroxylation sites is 1. The van der Waals surface area contributed by atoms with Crippen molar-refractivity contribution >= 4 is 33.8 Å². The first-order valence-electron chi connectivity index (χ1n) is 10.1. The Balaban J connectivity index is 1.63. The van der Waals surface area contributed by atoms with E-state index in [-0.39, 0.29) is 0 Å². The van der Waals surface area contributed by atoms with Gasteiger partial charge in [-0.15, -0.1) is 0 Å². The van der Waals surface area contributed by atoms with Crippen molar-refractivity contribution in [1.29, 1.82) is 0 Å². The Morgan fingerprint density at radius 3 is 2.15 bits per heavy atom. The maximum Gasteiger partial charge on any atom is 0.337 e. The predicted molar refractivity (Wildman–Crippen MR) is 129 cm³/mol. The largest absolute Gasteiger partial charge is 0.465 e. The van der Waals surface area contributed by atoms with E-state index < -0.39 is 28.4 Å². The fourth-order valence-corrected chi connectivity index (χ4v) is 3.73. The fraction of sp³-hybridized carbons (Fsp3) is 0.125. The SMILES string of the molecule is COC(=O)c1ccc(/C=N\NC(=O)CN(c2ccc(Oc3ccccc3)cc2)S(C)(=O)=O)cc1. The van der Waals surface area contributed by atoms with Crippen LogP contribution in [0.4, 0.5) is 5.69 Å². The summed E-state index contributed by atoms with van der Waals surface area (Å²) < 4.78 is 35.9. The number of hydrogen-bond donors (Lipinski definition) is 1. The van der Waals surface area contributed by atoms with Crippen molar-refractivity contribution in [3.8, 4) is 11.5 Å². The van der Waals surface area contributed by atoms with Crippen molar-refractivity contribution in [3.05, 3.63) is 90.0 Å². The summed E-state index contributed by atoms with van der Waals surface area (Å²) in [5.74, 6) is 0.0813. The van der Waals surface area contributed by atoms with Gasteiger partial charge >= 0.3 is 5.97 Å². The number of hydrazone groups is 1. The second kappa shape index (κ2) is 11.1. The molecule has 0 radical (unpaired) electrons. The van der Waals surface area contributed by atoms with E-state index in [2.05, 4.69) is 15.3 Å². The standard InChI is InChI=1S/C24H23N3O6S/c1-32-24(29)19-10-8-18(9-11-19)16-25-26-23(28)17-27(34(2,30)31)20-12-14-22(15-13-20)33-21-6-4-3-5-7-21/h3-16H,17H2,1-2H3,(H,26,28)/b25-16-. The van der Waals surface area contributed by atoms with Crippen LogP contribution in [-0.4, -0.2) is 46.4 Å². The molecule has 3 rings (SSSR count). The fourth-order valence-electron chi connectivity index (χ4n) is 2.87. The number of methoxy groups -OCH3 is 1. The first-order valence-corrected chi connectivity index (χ1v) is 11.9. The summed E-state index contributed by atoms with van der Waals surface area (Å²) in [5, 5.41) is 3.84. The molecule has 34 heavy (non-hydrogen) atoms. The lowest BCUT2D eigenvalue weighted by Crippen LogP contribution is -2.39. The Morgan fingerprint density at radius 2 is 1.56 bits per heavy atom. The number of sulfonamides is 1. The molecule has 0 aliphatic heterocycles. The van der Waals surface area contributed by atoms with Crippen LogP contribution < -0.4 is 14.5 Å². The monoisotopic (exact) mass is 481 g/mol. The highest BCUT2D eigenvalue weighted by Gasteiger charge is 2.20. The predicted octanol–water partition coefficient (Wildman–Crippen LogP) is 3.18. The Labute approximate surface area is 197 Å². The molecule has 0 saturated heterocycles. The van der Waals surface area contributed by atoms with Crippen molar-refractivity contribution in [2.45, 2.75) is 0 Å². The minimum Gasteiger partial charge on any atom is -0.465 e. The Kier molecular flexibility index (Phi) is 7.99. The van der Waals surface area contributed by atoms with Crippen molar-refractivity contribution in [2.24, 2.45) is 5.10 Å². The molecule has 9 nitrogen and oxygen atoms in total. The smallest absolute Gasteiger partial charge is 0.337 e. The first kappa shape index (κ1) is 24.5. The third kappa shape index (κ3) is 6.91. The molecule has 3 aromatic rings. The van der Waals surface area contributed by atoms with Crippen LogP contribution in [0.25, 0.3) is 0 Å². The van der Waals surface area contributed by atoms with E-state index in [4.69, 9.17) is 4.74 Å². The minimum absolute atomic E-state index is 0.306. The van der Waals surface area contributed by atoms with Gasteiger partial charge in [-0.05, 0) is 54.1 Å². The van der Waals surface area contributed by atoms with Crippen LogP contribution in [0.15, 0.2) is 84.0 Å². The zero-order chi connectivity index (χ0) is 24.6. The average Bonchev–Trinajstić information content (AvgIpc) is 2.83. The highest BCUT2D eigenvalue weighted by atomic mass is 32.2. The number of carbonyl (C=O) groups excluding carboxylic acids is 2. The van der Waals surface area contributed by atoms with Gasteiger partial charge in [0.2, 0.25) is 10.0 Å². The number of nitrogens with one attached hydrogen (secondary N) is 1. The lowest BCUT2D eigenvalue weighted by Gasteiger charge is -2.21. The van der Waals surface area contributed by atoms with Crippen LogP contribution in [0, 0.1) is 0 Å². The molecule has 0 aromatic heterocycles. The molecule has 0 aliphatic carbocycles. The van der Waals surface area contributed by atoms with Gasteiger partial charge in [-0.25, -0.2) is 18.6 Å². The molecule has 0 unspecified atom stereocenters. The maximum atomic E-state index is 12.3. The normalized spacial score (nSPS) is 11.1. The highest BCUT2D eigenvalue weighted by molar-refractivity contribution is 7.92. The molecule has 0 fully saturated rings. The molecular formula is C24H23N3O6S. The van der Waals surface area contributed by atoms with Crippen LogP contribution in [-0.2, 0) is 19.6 Å². The van der Waals surface area contributed by atoms with E-state index in [1.165, 1.54) is 13.3 Å². The first-order chi connectivity index (χ1) is 16.3. The average molecular weight is 482 g/mol. The van der Waals surface area contributed by atoms with E-state index in [9.17, 15) is 18.0 Å². The van der Waals surface area contributed by atoms with Crippen LogP contribution in [0.2, 0.25) is 0 Å². The quantitative estimate of drug-likeness (QED) is 0.285.